The van der Waals surface area contributed by atoms with Gasteiger partial charge in [-0.15, -0.1) is 0 Å². The zero-order valence-electron chi connectivity index (χ0n) is 14.6. The molecule has 1 aromatic carbocycles. The van der Waals surface area contributed by atoms with Crippen molar-refractivity contribution >= 4 is 33.7 Å². The number of rotatable bonds is 3. The molecule has 0 spiro atoms. The lowest BCUT2D eigenvalue weighted by atomic mass is 10.2. The van der Waals surface area contributed by atoms with Crippen LogP contribution in [0.1, 0.15) is 11.1 Å². The van der Waals surface area contributed by atoms with Gasteiger partial charge in [-0.1, -0.05) is 15.9 Å². The minimum absolute atomic E-state index is 0.251. The molecule has 0 aliphatic carbocycles. The number of pyridine rings is 1. The number of carbonyl (C=O) groups excluding carboxylic acids is 1. The van der Waals surface area contributed by atoms with Gasteiger partial charge >= 0.3 is 6.18 Å². The summed E-state index contributed by atoms with van der Waals surface area (Å²) in [4.78, 5) is 19.6. The third-order valence-corrected chi connectivity index (χ3v) is 4.85. The molecule has 0 N–H and O–H groups in total. The van der Waals surface area contributed by atoms with Crippen molar-refractivity contribution in [3.05, 3.63) is 64.0 Å². The highest BCUT2D eigenvalue weighted by Crippen LogP contribution is 2.29. The number of aromatic nitrogens is 1. The van der Waals surface area contributed by atoms with Gasteiger partial charge in [-0.05, 0) is 36.4 Å². The molecule has 4 nitrogen and oxygen atoms in total. The van der Waals surface area contributed by atoms with Crippen molar-refractivity contribution in [2.75, 3.05) is 31.1 Å². The van der Waals surface area contributed by atoms with Gasteiger partial charge in [-0.3, -0.25) is 4.79 Å². The number of hydrogen-bond donors (Lipinski definition) is 0. The van der Waals surface area contributed by atoms with Crippen LogP contribution in [-0.2, 0) is 11.0 Å². The summed E-state index contributed by atoms with van der Waals surface area (Å²) in [7, 11) is 0. The Bertz CT molecular complexity index is 876. The number of hydrogen-bond acceptors (Lipinski definition) is 3. The fourth-order valence-corrected chi connectivity index (χ4v) is 3.18. The third-order valence-electron chi connectivity index (χ3n) is 4.35. The second-order valence-corrected chi connectivity index (χ2v) is 7.13. The van der Waals surface area contributed by atoms with E-state index in [0.717, 1.165) is 12.3 Å². The highest BCUT2D eigenvalue weighted by Gasteiger charge is 2.31. The topological polar surface area (TPSA) is 36.4 Å². The molecule has 1 fully saturated rings. The van der Waals surface area contributed by atoms with Crippen molar-refractivity contribution in [3.63, 3.8) is 0 Å². The van der Waals surface area contributed by atoms with E-state index in [0.29, 0.717) is 42.0 Å². The Balaban J connectivity index is 1.58. The summed E-state index contributed by atoms with van der Waals surface area (Å²) in [5, 5.41) is 0. The largest absolute Gasteiger partial charge is 0.417 e. The lowest BCUT2D eigenvalue weighted by Crippen LogP contribution is -2.48. The number of nitrogens with zero attached hydrogens (tertiary/aromatic N) is 3. The van der Waals surface area contributed by atoms with Gasteiger partial charge in [0, 0.05) is 48.5 Å². The summed E-state index contributed by atoms with van der Waals surface area (Å²) in [5.41, 5.74) is -0.495. The Morgan fingerprint density at radius 3 is 2.43 bits per heavy atom. The lowest BCUT2D eigenvalue weighted by molar-refractivity contribution is -0.137. The summed E-state index contributed by atoms with van der Waals surface area (Å²) in [5.74, 6) is -0.239. The zero-order chi connectivity index (χ0) is 20.3. The summed E-state index contributed by atoms with van der Waals surface area (Å²) >= 11 is 3.25. The van der Waals surface area contributed by atoms with Gasteiger partial charge in [-0.25, -0.2) is 9.37 Å². The Kier molecular flexibility index (Phi) is 6.02. The monoisotopic (exact) mass is 457 g/mol. The van der Waals surface area contributed by atoms with E-state index < -0.39 is 17.6 Å². The molecular formula is C19H16BrF4N3O. The first-order valence-electron chi connectivity index (χ1n) is 8.44. The fourth-order valence-electron chi connectivity index (χ4n) is 2.81. The van der Waals surface area contributed by atoms with Gasteiger partial charge in [0.2, 0.25) is 5.91 Å². The summed E-state index contributed by atoms with van der Waals surface area (Å²) < 4.78 is 52.3. The Morgan fingerprint density at radius 1 is 1.11 bits per heavy atom. The number of anilines is 1. The molecule has 2 aromatic rings. The molecule has 0 unspecified atom stereocenters. The maximum absolute atomic E-state index is 13.7. The van der Waals surface area contributed by atoms with Crippen LogP contribution in [0.15, 0.2) is 47.1 Å². The van der Waals surface area contributed by atoms with E-state index in [1.165, 1.54) is 24.3 Å². The van der Waals surface area contributed by atoms with E-state index in [1.54, 1.807) is 17.0 Å². The predicted molar refractivity (Wildman–Crippen MR) is 101 cm³/mol. The molecule has 1 aliphatic heterocycles. The molecule has 2 heterocycles. The fraction of sp³-hybridized carbons (Fsp3) is 0.263. The minimum Gasteiger partial charge on any atom is -0.353 e. The number of halogens is 5. The van der Waals surface area contributed by atoms with Gasteiger partial charge in [-0.2, -0.15) is 13.2 Å². The van der Waals surface area contributed by atoms with Gasteiger partial charge in [0.05, 0.1) is 5.56 Å². The highest BCUT2D eigenvalue weighted by molar-refractivity contribution is 9.10. The van der Waals surface area contributed by atoms with E-state index in [-0.39, 0.29) is 5.91 Å². The first-order valence-corrected chi connectivity index (χ1v) is 9.23. The smallest absolute Gasteiger partial charge is 0.353 e. The number of piperazine rings is 1. The molecule has 0 saturated carbocycles. The maximum Gasteiger partial charge on any atom is 0.417 e. The van der Waals surface area contributed by atoms with E-state index >= 15 is 0 Å². The zero-order valence-corrected chi connectivity index (χ0v) is 16.2. The van der Waals surface area contributed by atoms with Crippen molar-refractivity contribution in [1.29, 1.82) is 0 Å². The van der Waals surface area contributed by atoms with E-state index in [1.807, 2.05) is 4.90 Å². The molecule has 1 aliphatic rings. The van der Waals surface area contributed by atoms with Crippen LogP contribution < -0.4 is 4.90 Å². The minimum atomic E-state index is -4.42. The Labute approximate surface area is 167 Å². The molecule has 9 heteroatoms. The quantitative estimate of drug-likeness (QED) is 0.507. The van der Waals surface area contributed by atoms with E-state index in [9.17, 15) is 22.4 Å². The van der Waals surface area contributed by atoms with Crippen molar-refractivity contribution < 1.29 is 22.4 Å². The van der Waals surface area contributed by atoms with E-state index in [2.05, 4.69) is 20.9 Å². The van der Waals surface area contributed by atoms with Crippen molar-refractivity contribution in [3.8, 4) is 0 Å². The van der Waals surface area contributed by atoms with E-state index in [4.69, 9.17) is 0 Å². The SMILES string of the molecule is O=C(/C=C/c1cc(Br)ccc1F)N1CCN(c2ccc(C(F)(F)F)cn2)CC1. The maximum atomic E-state index is 13.7. The molecule has 1 aromatic heterocycles. The molecule has 1 amide bonds. The average Bonchev–Trinajstić information content (AvgIpc) is 2.68. The van der Waals surface area contributed by atoms with Crippen molar-refractivity contribution in [2.24, 2.45) is 0 Å². The van der Waals surface area contributed by atoms with Crippen LogP contribution in [0.5, 0.6) is 0 Å². The molecule has 1 saturated heterocycles. The van der Waals surface area contributed by atoms with Crippen LogP contribution in [0.3, 0.4) is 0 Å². The standard InChI is InChI=1S/C19H16BrF4N3O/c20-15-3-4-16(21)13(11-15)1-6-18(28)27-9-7-26(8-10-27)17-5-2-14(12-25-17)19(22,23)24/h1-6,11-12H,7-10H2/b6-1+. The molecule has 3 rings (SSSR count). The van der Waals surface area contributed by atoms with Gasteiger partial charge in [0.15, 0.2) is 0 Å². The van der Waals surface area contributed by atoms with Crippen LogP contribution in [0.2, 0.25) is 0 Å². The molecular weight excluding hydrogens is 442 g/mol. The van der Waals surface area contributed by atoms with Gasteiger partial charge in [0.1, 0.15) is 11.6 Å². The normalized spacial score (nSPS) is 15.3. The molecule has 28 heavy (non-hydrogen) atoms. The number of carbonyl (C=O) groups is 1. The second kappa shape index (κ2) is 8.30. The third kappa shape index (κ3) is 4.89. The van der Waals surface area contributed by atoms with Crippen LogP contribution in [-0.4, -0.2) is 42.0 Å². The van der Waals surface area contributed by atoms with Gasteiger partial charge in [0.25, 0.3) is 0 Å². The second-order valence-electron chi connectivity index (χ2n) is 6.21. The summed E-state index contributed by atoms with van der Waals surface area (Å²) in [6.07, 6.45) is -0.873. The van der Waals surface area contributed by atoms with Crippen molar-refractivity contribution in [2.45, 2.75) is 6.18 Å². The number of amides is 1. The first kappa shape index (κ1) is 20.3. The van der Waals surface area contributed by atoms with Crippen LogP contribution in [0.25, 0.3) is 6.08 Å². The Morgan fingerprint density at radius 2 is 1.82 bits per heavy atom. The lowest BCUT2D eigenvalue weighted by Gasteiger charge is -2.35. The molecule has 0 radical (unpaired) electrons. The highest BCUT2D eigenvalue weighted by atomic mass is 79.9. The summed E-state index contributed by atoms with van der Waals surface area (Å²) in [6, 6.07) is 6.78. The molecule has 0 atom stereocenters. The average molecular weight is 458 g/mol. The van der Waals surface area contributed by atoms with Crippen LogP contribution in [0, 0.1) is 5.82 Å². The molecule has 148 valence electrons. The van der Waals surface area contributed by atoms with Crippen LogP contribution >= 0.6 is 15.9 Å². The predicted octanol–water partition coefficient (Wildman–Crippen LogP) is 4.36. The first-order chi connectivity index (χ1) is 13.2. The molecule has 0 bridgehead atoms. The Hall–Kier alpha value is -2.42. The number of alkyl halides is 3. The number of benzene rings is 1. The summed E-state index contributed by atoms with van der Waals surface area (Å²) in [6.45, 7) is 1.69. The van der Waals surface area contributed by atoms with Crippen molar-refractivity contribution in [1.82, 2.24) is 9.88 Å². The van der Waals surface area contributed by atoms with Crippen LogP contribution in [0.4, 0.5) is 23.4 Å². The van der Waals surface area contributed by atoms with Gasteiger partial charge < -0.3 is 9.80 Å².